The van der Waals surface area contributed by atoms with Crippen molar-refractivity contribution in [3.8, 4) is 0 Å². The van der Waals surface area contributed by atoms with Gasteiger partial charge in [-0.3, -0.25) is 4.79 Å². The van der Waals surface area contributed by atoms with Gasteiger partial charge in [0.2, 0.25) is 0 Å². The first kappa shape index (κ1) is 11.7. The van der Waals surface area contributed by atoms with Crippen molar-refractivity contribution in [2.75, 3.05) is 0 Å². The number of rotatable bonds is 4. The summed E-state index contributed by atoms with van der Waals surface area (Å²) in [5, 5.41) is 2.70. The minimum Gasteiger partial charge on any atom is -0.455 e. The van der Waals surface area contributed by atoms with Crippen molar-refractivity contribution >= 4 is 33.2 Å². The first-order valence-electron chi connectivity index (χ1n) is 4.44. The van der Waals surface area contributed by atoms with E-state index >= 15 is 0 Å². The van der Waals surface area contributed by atoms with Crippen LogP contribution in [-0.2, 0) is 9.53 Å². The van der Waals surface area contributed by atoms with Crippen LogP contribution in [0.5, 0.6) is 0 Å². The molecule has 0 saturated carbocycles. The van der Waals surface area contributed by atoms with Gasteiger partial charge in [0.15, 0.2) is 6.10 Å². The Labute approximate surface area is 95.6 Å². The molecule has 5 heteroatoms. The van der Waals surface area contributed by atoms with Gasteiger partial charge in [-0.25, -0.2) is 4.98 Å². The number of carbonyl (C=O) groups excluding carboxylic acids is 1. The number of aromatic nitrogens is 1. The van der Waals surface area contributed by atoms with Gasteiger partial charge in [-0.1, -0.05) is 6.92 Å². The summed E-state index contributed by atoms with van der Waals surface area (Å²) in [6.45, 7) is 3.78. The van der Waals surface area contributed by atoms with Crippen LogP contribution in [0.15, 0.2) is 9.98 Å². The predicted octanol–water partition coefficient (Wildman–Crippen LogP) is 3.31. The second-order valence-electron chi connectivity index (χ2n) is 2.89. The molecular weight excluding hydrogens is 266 g/mol. The van der Waals surface area contributed by atoms with E-state index in [-0.39, 0.29) is 12.1 Å². The van der Waals surface area contributed by atoms with E-state index in [1.54, 1.807) is 0 Å². The lowest BCUT2D eigenvalue weighted by Crippen LogP contribution is -2.07. The molecule has 0 fully saturated rings. The predicted molar refractivity (Wildman–Crippen MR) is 59.2 cm³/mol. The fraction of sp³-hybridized carbons (Fsp3) is 0.556. The van der Waals surface area contributed by atoms with E-state index in [1.807, 2.05) is 19.2 Å². The highest BCUT2D eigenvalue weighted by atomic mass is 79.9. The lowest BCUT2D eigenvalue weighted by atomic mass is 10.3. The average molecular weight is 278 g/mol. The molecule has 0 bridgehead atoms. The van der Waals surface area contributed by atoms with Crippen molar-refractivity contribution < 1.29 is 9.53 Å². The largest absolute Gasteiger partial charge is 0.455 e. The molecule has 0 N–H and O–H groups in total. The highest BCUT2D eigenvalue weighted by Gasteiger charge is 2.13. The number of hydrogen-bond donors (Lipinski definition) is 0. The number of halogens is 1. The van der Waals surface area contributed by atoms with Crippen molar-refractivity contribution in [1.29, 1.82) is 0 Å². The molecule has 0 amide bonds. The average Bonchev–Trinajstić information content (AvgIpc) is 2.52. The molecule has 78 valence electrons. The van der Waals surface area contributed by atoms with Crippen molar-refractivity contribution in [2.24, 2.45) is 0 Å². The summed E-state index contributed by atoms with van der Waals surface area (Å²) in [4.78, 5) is 15.4. The van der Waals surface area contributed by atoms with Gasteiger partial charge in [0.1, 0.15) is 9.61 Å². The van der Waals surface area contributed by atoms with Crippen LogP contribution in [0.1, 0.15) is 37.8 Å². The third kappa shape index (κ3) is 3.38. The summed E-state index contributed by atoms with van der Waals surface area (Å²) < 4.78 is 5.97. The topological polar surface area (TPSA) is 39.2 Å². The molecule has 1 aromatic rings. The standard InChI is InChI=1S/C9H12BrNO2S/c1-3-4-8(12)13-6(2)9-11-7(10)5-14-9/h5-6H,3-4H2,1-2H3/t6-/m1/s1. The Hall–Kier alpha value is -0.420. The molecular formula is C9H12BrNO2S. The summed E-state index contributed by atoms with van der Waals surface area (Å²) >= 11 is 4.74. The monoisotopic (exact) mass is 277 g/mol. The Morgan fingerprint density at radius 1 is 1.79 bits per heavy atom. The lowest BCUT2D eigenvalue weighted by Gasteiger charge is -2.09. The third-order valence-corrected chi connectivity index (χ3v) is 3.32. The summed E-state index contributed by atoms with van der Waals surface area (Å²) in [5.74, 6) is -0.161. The van der Waals surface area contributed by atoms with Crippen molar-refractivity contribution in [3.05, 3.63) is 15.0 Å². The van der Waals surface area contributed by atoms with Gasteiger partial charge < -0.3 is 4.74 Å². The second-order valence-corrected chi connectivity index (χ2v) is 4.59. The molecule has 1 aromatic heterocycles. The smallest absolute Gasteiger partial charge is 0.306 e. The fourth-order valence-corrected chi connectivity index (χ4v) is 2.21. The molecule has 0 unspecified atom stereocenters. The third-order valence-electron chi connectivity index (χ3n) is 1.60. The molecule has 0 spiro atoms. The summed E-state index contributed by atoms with van der Waals surface area (Å²) in [5.41, 5.74) is 0. The van der Waals surface area contributed by atoms with Crippen LogP contribution in [0.3, 0.4) is 0 Å². The van der Waals surface area contributed by atoms with Gasteiger partial charge >= 0.3 is 5.97 Å². The van der Waals surface area contributed by atoms with Crippen molar-refractivity contribution in [3.63, 3.8) is 0 Å². The maximum atomic E-state index is 11.2. The highest BCUT2D eigenvalue weighted by Crippen LogP contribution is 2.23. The number of hydrogen-bond acceptors (Lipinski definition) is 4. The normalized spacial score (nSPS) is 12.5. The van der Waals surface area contributed by atoms with Crippen LogP contribution in [-0.4, -0.2) is 11.0 Å². The molecule has 0 radical (unpaired) electrons. The van der Waals surface area contributed by atoms with Crippen molar-refractivity contribution in [2.45, 2.75) is 32.8 Å². The van der Waals surface area contributed by atoms with Gasteiger partial charge in [0, 0.05) is 11.8 Å². The number of thiazole rings is 1. The Balaban J connectivity index is 2.50. The van der Waals surface area contributed by atoms with E-state index in [4.69, 9.17) is 4.74 Å². The van der Waals surface area contributed by atoms with E-state index in [0.29, 0.717) is 6.42 Å². The molecule has 1 rings (SSSR count). The molecule has 0 aromatic carbocycles. The number of nitrogens with zero attached hydrogens (tertiary/aromatic N) is 1. The molecule has 0 aliphatic carbocycles. The first-order chi connectivity index (χ1) is 6.63. The minimum atomic E-state index is -0.245. The van der Waals surface area contributed by atoms with E-state index in [0.717, 1.165) is 16.0 Å². The maximum Gasteiger partial charge on any atom is 0.306 e. The quantitative estimate of drug-likeness (QED) is 0.793. The zero-order valence-electron chi connectivity index (χ0n) is 8.12. The fourth-order valence-electron chi connectivity index (χ4n) is 0.964. The second kappa shape index (κ2) is 5.46. The molecule has 0 aliphatic rings. The van der Waals surface area contributed by atoms with Crippen LogP contribution in [0, 0.1) is 0 Å². The first-order valence-corrected chi connectivity index (χ1v) is 6.11. The van der Waals surface area contributed by atoms with Crippen LogP contribution in [0.25, 0.3) is 0 Å². The van der Waals surface area contributed by atoms with Crippen LogP contribution in [0.2, 0.25) is 0 Å². The molecule has 3 nitrogen and oxygen atoms in total. The zero-order valence-corrected chi connectivity index (χ0v) is 10.5. The van der Waals surface area contributed by atoms with Crippen molar-refractivity contribution in [1.82, 2.24) is 4.98 Å². The summed E-state index contributed by atoms with van der Waals surface area (Å²) in [6.07, 6.45) is 1.04. The van der Waals surface area contributed by atoms with Gasteiger partial charge in [0.25, 0.3) is 0 Å². The molecule has 0 saturated heterocycles. The van der Waals surface area contributed by atoms with Gasteiger partial charge in [-0.2, -0.15) is 0 Å². The Bertz CT molecular complexity index is 314. The Morgan fingerprint density at radius 2 is 2.50 bits per heavy atom. The van der Waals surface area contributed by atoms with Gasteiger partial charge in [-0.15, -0.1) is 11.3 Å². The van der Waals surface area contributed by atoms with Crippen LogP contribution >= 0.6 is 27.3 Å². The number of carbonyl (C=O) groups is 1. The molecule has 1 heterocycles. The molecule has 0 aliphatic heterocycles. The minimum absolute atomic E-state index is 0.161. The maximum absolute atomic E-state index is 11.2. The Morgan fingerprint density at radius 3 is 3.00 bits per heavy atom. The highest BCUT2D eigenvalue weighted by molar-refractivity contribution is 9.10. The van der Waals surface area contributed by atoms with Gasteiger partial charge in [-0.05, 0) is 29.3 Å². The lowest BCUT2D eigenvalue weighted by molar-refractivity contribution is -0.148. The molecule has 1 atom stereocenters. The summed E-state index contributed by atoms with van der Waals surface area (Å²) in [6, 6.07) is 0. The zero-order chi connectivity index (χ0) is 10.6. The van der Waals surface area contributed by atoms with Gasteiger partial charge in [0.05, 0.1) is 0 Å². The summed E-state index contributed by atoms with van der Waals surface area (Å²) in [7, 11) is 0. The van der Waals surface area contributed by atoms with Crippen LogP contribution in [0.4, 0.5) is 0 Å². The van der Waals surface area contributed by atoms with Crippen LogP contribution < -0.4 is 0 Å². The number of esters is 1. The number of ether oxygens (including phenoxy) is 1. The van der Waals surface area contributed by atoms with E-state index in [9.17, 15) is 4.79 Å². The Kier molecular flexibility index (Phi) is 4.54. The van der Waals surface area contributed by atoms with E-state index in [1.165, 1.54) is 11.3 Å². The molecule has 14 heavy (non-hydrogen) atoms. The van der Waals surface area contributed by atoms with E-state index in [2.05, 4.69) is 20.9 Å². The SMILES string of the molecule is CCCC(=O)O[C@H](C)c1nc(Br)cs1. The van der Waals surface area contributed by atoms with E-state index < -0.39 is 0 Å².